The highest BCUT2D eigenvalue weighted by Crippen LogP contribution is 2.45. The van der Waals surface area contributed by atoms with Gasteiger partial charge >= 0.3 is 0 Å². The summed E-state index contributed by atoms with van der Waals surface area (Å²) in [6.07, 6.45) is 0. The molecule has 8 heterocycles. The number of para-hydroxylation sites is 6. The first-order chi connectivity index (χ1) is 46.5. The van der Waals surface area contributed by atoms with E-state index in [2.05, 4.69) is 103 Å². The minimum Gasteiger partial charge on any atom is -0.455 e. The molecule has 0 aliphatic rings. The molecule has 0 aliphatic carbocycles. The van der Waals surface area contributed by atoms with Crippen LogP contribution in [-0.4, -0.2) is 39.9 Å². The summed E-state index contributed by atoms with van der Waals surface area (Å²) in [6, 6.07) is 89.6. The molecule has 12 nitrogen and oxygen atoms in total. The van der Waals surface area contributed by atoms with Crippen LogP contribution in [0.4, 0.5) is 0 Å². The fraction of sp³-hybridized carbons (Fsp3) is 0. The number of nitrogens with zero attached hydrogens (tertiary/aromatic N) is 8. The van der Waals surface area contributed by atoms with E-state index in [4.69, 9.17) is 57.5 Å². The maximum atomic E-state index is 6.55. The number of hydrogen-bond donors (Lipinski definition) is 0. The van der Waals surface area contributed by atoms with Gasteiger partial charge in [-0.2, -0.15) is 0 Å². The first-order valence-electron chi connectivity index (χ1n) is 30.6. The van der Waals surface area contributed by atoms with Crippen molar-refractivity contribution in [3.8, 4) is 91.2 Å². The summed E-state index contributed by atoms with van der Waals surface area (Å²) < 4.78 is 30.2. The van der Waals surface area contributed by atoms with Crippen molar-refractivity contribution in [1.82, 2.24) is 39.9 Å². The van der Waals surface area contributed by atoms with Crippen LogP contribution >= 0.6 is 22.7 Å². The van der Waals surface area contributed by atoms with Crippen molar-refractivity contribution in [2.24, 2.45) is 0 Å². The van der Waals surface area contributed by atoms with Gasteiger partial charge in [-0.15, -0.1) is 22.7 Å². The lowest BCUT2D eigenvalue weighted by Crippen LogP contribution is -2.00. The Bertz CT molecular complexity index is 6340. The minimum atomic E-state index is 0.516. The second-order valence-electron chi connectivity index (χ2n) is 22.8. The van der Waals surface area contributed by atoms with E-state index in [9.17, 15) is 0 Å². The normalized spacial score (nSPS) is 11.8. The highest BCUT2D eigenvalue weighted by molar-refractivity contribution is 7.26. The predicted octanol–water partition coefficient (Wildman–Crippen LogP) is 21.9. The van der Waals surface area contributed by atoms with Crippen molar-refractivity contribution in [1.29, 1.82) is 0 Å². The number of fused-ring (bicyclic) bond motifs is 14. The number of benzene rings is 12. The Labute approximate surface area is 541 Å². The van der Waals surface area contributed by atoms with Crippen molar-refractivity contribution < 1.29 is 17.7 Å². The molecule has 20 rings (SSSR count). The fourth-order valence-electron chi connectivity index (χ4n) is 12.8. The fourth-order valence-corrected chi connectivity index (χ4v) is 15.2. The van der Waals surface area contributed by atoms with Gasteiger partial charge in [-0.05, 0) is 72.8 Å². The summed E-state index contributed by atoms with van der Waals surface area (Å²) in [5, 5.41) is 8.65. The minimum absolute atomic E-state index is 0.516. The summed E-state index contributed by atoms with van der Waals surface area (Å²) in [5.74, 6) is 4.65. The van der Waals surface area contributed by atoms with Crippen molar-refractivity contribution in [2.45, 2.75) is 0 Å². The van der Waals surface area contributed by atoms with Crippen LogP contribution in [0.25, 0.3) is 198 Å². The molecule has 0 unspecified atom stereocenters. The molecule has 0 radical (unpaired) electrons. The van der Waals surface area contributed by atoms with Gasteiger partial charge < -0.3 is 17.7 Å². The Hall–Kier alpha value is -12.4. The Kier molecular flexibility index (Phi) is 12.3. The number of rotatable bonds is 8. The smallest absolute Gasteiger partial charge is 0.231 e. The molecule has 94 heavy (non-hydrogen) atoms. The molecule has 0 N–H and O–H groups in total. The van der Waals surface area contributed by atoms with Crippen LogP contribution < -0.4 is 0 Å². The quantitative estimate of drug-likeness (QED) is 0.142. The summed E-state index contributed by atoms with van der Waals surface area (Å²) in [6.45, 7) is 0. The molecule has 8 aromatic heterocycles. The van der Waals surface area contributed by atoms with E-state index in [0.717, 1.165) is 104 Å². The lowest BCUT2D eigenvalue weighted by molar-refractivity contribution is 0.614. The number of furan rings is 2. The summed E-state index contributed by atoms with van der Waals surface area (Å²) >= 11 is 3.54. The van der Waals surface area contributed by atoms with Gasteiger partial charge in [0.25, 0.3) is 0 Å². The van der Waals surface area contributed by atoms with Gasteiger partial charge in [-0.25, -0.2) is 39.9 Å². The lowest BCUT2D eigenvalue weighted by atomic mass is 10.0. The van der Waals surface area contributed by atoms with E-state index in [1.54, 1.807) is 22.7 Å². The van der Waals surface area contributed by atoms with Crippen LogP contribution in [-0.2, 0) is 0 Å². The molecule has 0 saturated heterocycles. The molecule has 0 amide bonds. The molecule has 0 aliphatic heterocycles. The summed E-state index contributed by atoms with van der Waals surface area (Å²) in [5.41, 5.74) is 13.0. The van der Waals surface area contributed by atoms with Crippen molar-refractivity contribution in [3.05, 3.63) is 267 Å². The highest BCUT2D eigenvalue weighted by Gasteiger charge is 2.25. The third-order valence-corrected chi connectivity index (χ3v) is 19.5. The van der Waals surface area contributed by atoms with E-state index < -0.39 is 0 Å². The SMILES string of the molecule is c1ccc(-c2nc(-c3ccc4c(c3)sc3ccccc34)nc(-c3cccc4oc5c(-c6nc7ccccc7o6)cccc5c34)n2)cc1.c1ccc(-c2nc(-c3cccc4c3sc3ccccc34)nc(-c3cccc4oc5c(-c6nc7ccccc7o6)cccc5c34)n2)cc1. The van der Waals surface area contributed by atoms with Gasteiger partial charge in [-0.1, -0.05) is 194 Å². The van der Waals surface area contributed by atoms with Gasteiger partial charge in [0.1, 0.15) is 33.4 Å². The molecule has 0 bridgehead atoms. The van der Waals surface area contributed by atoms with E-state index in [0.29, 0.717) is 57.9 Å². The van der Waals surface area contributed by atoms with Crippen LogP contribution in [0.15, 0.2) is 285 Å². The second-order valence-corrected chi connectivity index (χ2v) is 25.0. The second kappa shape index (κ2) is 21.7. The maximum Gasteiger partial charge on any atom is 0.231 e. The number of thiophene rings is 2. The average molecular weight is 1250 g/mol. The molecule has 0 fully saturated rings. The average Bonchev–Trinajstić information content (AvgIpc) is 1.59. The van der Waals surface area contributed by atoms with Gasteiger partial charge in [0.15, 0.2) is 46.1 Å². The molecule has 0 spiro atoms. The maximum absolute atomic E-state index is 6.55. The predicted molar refractivity (Wildman–Crippen MR) is 379 cm³/mol. The summed E-state index contributed by atoms with van der Waals surface area (Å²) in [7, 11) is 0. The zero-order valence-corrected chi connectivity index (χ0v) is 51.1. The molecular weight excluding hydrogens is 1200 g/mol. The standard InChI is InChI=1S/2C40H22N4O2S/c1-2-11-23(12-3-1)37-42-38(44-39(43-37)29-18-8-14-25-24-13-4-7-22-33(24)47-36(25)29)27-16-10-21-32-34(27)26-15-9-17-28(35(26)45-32)40-41-30-19-5-6-20-31(30)46-40;1-2-10-23(11-3-1)37-42-38(24-20-21-26-25-12-4-7-19-33(25)47-34(26)22-24)44-39(43-37)28-14-9-18-32-35(28)27-13-8-15-29(36(27)45-32)40-41-30-16-5-6-17-31(30)46-40/h2*1-22H. The van der Waals surface area contributed by atoms with Crippen LogP contribution in [0, 0.1) is 0 Å². The molecule has 20 aromatic rings. The zero-order valence-electron chi connectivity index (χ0n) is 49.4. The molecular formula is C80H44N8O4S2. The van der Waals surface area contributed by atoms with Gasteiger partial charge in [0, 0.05) is 95.3 Å². The van der Waals surface area contributed by atoms with E-state index in [1.165, 1.54) is 35.6 Å². The Balaban J connectivity index is 0.000000133. The molecule has 440 valence electrons. The van der Waals surface area contributed by atoms with Gasteiger partial charge in [0.05, 0.1) is 11.1 Å². The van der Waals surface area contributed by atoms with Crippen LogP contribution in [0.5, 0.6) is 0 Å². The molecule has 0 saturated carbocycles. The number of oxazole rings is 2. The van der Waals surface area contributed by atoms with Crippen LogP contribution in [0.1, 0.15) is 0 Å². The molecule has 0 atom stereocenters. The van der Waals surface area contributed by atoms with E-state index >= 15 is 0 Å². The van der Waals surface area contributed by atoms with Gasteiger partial charge in [0.2, 0.25) is 11.8 Å². The first kappa shape index (κ1) is 53.5. The largest absolute Gasteiger partial charge is 0.455 e. The highest BCUT2D eigenvalue weighted by atomic mass is 32.1. The van der Waals surface area contributed by atoms with E-state index in [-0.39, 0.29) is 0 Å². The zero-order chi connectivity index (χ0) is 61.8. The lowest BCUT2D eigenvalue weighted by Gasteiger charge is -2.10. The first-order valence-corrected chi connectivity index (χ1v) is 32.2. The Morgan fingerprint density at radius 3 is 1.19 bits per heavy atom. The van der Waals surface area contributed by atoms with Crippen LogP contribution in [0.3, 0.4) is 0 Å². The van der Waals surface area contributed by atoms with Gasteiger partial charge in [-0.3, -0.25) is 0 Å². The number of hydrogen-bond acceptors (Lipinski definition) is 14. The van der Waals surface area contributed by atoms with E-state index in [1.807, 2.05) is 164 Å². The van der Waals surface area contributed by atoms with Crippen molar-refractivity contribution in [3.63, 3.8) is 0 Å². The van der Waals surface area contributed by atoms with Crippen molar-refractivity contribution in [2.75, 3.05) is 0 Å². The Morgan fingerprint density at radius 2 is 0.628 bits per heavy atom. The van der Waals surface area contributed by atoms with Crippen LogP contribution in [0.2, 0.25) is 0 Å². The number of aromatic nitrogens is 8. The van der Waals surface area contributed by atoms with Crippen molar-refractivity contribution >= 4 is 129 Å². The monoisotopic (exact) mass is 1240 g/mol. The molecule has 12 aromatic carbocycles. The topological polar surface area (TPSA) is 156 Å². The molecule has 14 heteroatoms. The Morgan fingerprint density at radius 1 is 0.234 bits per heavy atom. The third-order valence-electron chi connectivity index (χ3n) is 17.2. The third kappa shape index (κ3) is 8.95. The summed E-state index contributed by atoms with van der Waals surface area (Å²) in [4.78, 5) is 40.0.